The van der Waals surface area contributed by atoms with Crippen molar-refractivity contribution >= 4 is 67.3 Å². The fraction of sp³-hybridized carbons (Fsp3) is 0.355. The molecule has 3 aliphatic heterocycles. The first-order valence-electron chi connectivity index (χ1n) is 13.6. The number of carbonyl (C=O) groups excluding carboxylic acids is 2. The summed E-state index contributed by atoms with van der Waals surface area (Å²) >= 11 is 1.85. The third-order valence-electron chi connectivity index (χ3n) is 9.23. The molecule has 9 heteroatoms. The molecule has 3 atom stereocenters. The lowest BCUT2D eigenvalue weighted by atomic mass is 9.88. The third-order valence-corrected chi connectivity index (χ3v) is 10.2. The van der Waals surface area contributed by atoms with Crippen LogP contribution in [0.4, 0.5) is 0 Å². The predicted octanol–water partition coefficient (Wildman–Crippen LogP) is 5.22. The molecule has 40 heavy (non-hydrogen) atoms. The number of nitrogens with one attached hydrogen (secondary N) is 1. The lowest BCUT2D eigenvalue weighted by molar-refractivity contribution is -0.202. The fourth-order valence-electron chi connectivity index (χ4n) is 7.46. The van der Waals surface area contributed by atoms with Gasteiger partial charge in [-0.25, -0.2) is 4.79 Å². The maximum Gasteiger partial charge on any atom is 0.343 e. The largest absolute Gasteiger partial charge is 0.467 e. The number of ether oxygens (including phenoxy) is 2. The van der Waals surface area contributed by atoms with Gasteiger partial charge >= 0.3 is 5.97 Å². The number of carbonyl (C=O) groups is 2. The molecule has 8 rings (SSSR count). The van der Waals surface area contributed by atoms with E-state index in [0.717, 1.165) is 66.2 Å². The van der Waals surface area contributed by atoms with Crippen molar-refractivity contribution in [1.82, 2.24) is 14.5 Å². The van der Waals surface area contributed by atoms with Crippen molar-refractivity contribution in [3.05, 3.63) is 58.7 Å². The molecule has 0 radical (unpaired) electrons. The highest BCUT2D eigenvalue weighted by Gasteiger charge is 2.65. The van der Waals surface area contributed by atoms with Gasteiger partial charge in [0.2, 0.25) is 5.60 Å². The summed E-state index contributed by atoms with van der Waals surface area (Å²) in [4.78, 5) is 26.9. The van der Waals surface area contributed by atoms with Crippen LogP contribution in [0.5, 0.6) is 0 Å². The number of nitrogens with zero attached hydrogens (tertiary/aromatic N) is 2. The minimum absolute atomic E-state index is 0.0119. The van der Waals surface area contributed by atoms with E-state index >= 15 is 0 Å². The van der Waals surface area contributed by atoms with Gasteiger partial charge in [0, 0.05) is 40.3 Å². The molecule has 0 saturated carbocycles. The van der Waals surface area contributed by atoms with Gasteiger partial charge in [-0.2, -0.15) is 11.8 Å². The second-order valence-electron chi connectivity index (χ2n) is 11.3. The molecule has 1 amide bonds. The van der Waals surface area contributed by atoms with E-state index in [-0.39, 0.29) is 12.3 Å². The summed E-state index contributed by atoms with van der Waals surface area (Å²) in [7, 11) is 1.30. The monoisotopic (exact) mass is 555 g/mol. The van der Waals surface area contributed by atoms with Gasteiger partial charge in [-0.3, -0.25) is 4.79 Å². The number of aromatic nitrogens is 2. The summed E-state index contributed by atoms with van der Waals surface area (Å²) in [6.45, 7) is 6.38. The first-order chi connectivity index (χ1) is 19.2. The molecule has 1 fully saturated rings. The fourth-order valence-corrected chi connectivity index (χ4v) is 8.08. The van der Waals surface area contributed by atoms with E-state index in [1.165, 1.54) is 12.7 Å². The van der Waals surface area contributed by atoms with E-state index in [1.807, 2.05) is 35.4 Å². The van der Waals surface area contributed by atoms with Crippen molar-refractivity contribution in [2.45, 2.75) is 57.0 Å². The Hall–Kier alpha value is -3.53. The summed E-state index contributed by atoms with van der Waals surface area (Å²) in [5.41, 5.74) is 4.00. The number of benzene rings is 3. The number of aryl methyl sites for hydroxylation is 1. The Morgan fingerprint density at radius 1 is 1.18 bits per heavy atom. The van der Waals surface area contributed by atoms with Crippen molar-refractivity contribution in [2.75, 3.05) is 12.9 Å². The zero-order valence-electron chi connectivity index (χ0n) is 22.8. The highest BCUT2D eigenvalue weighted by molar-refractivity contribution is 7.98. The third kappa shape index (κ3) is 2.66. The summed E-state index contributed by atoms with van der Waals surface area (Å²) in [6, 6.07) is 12.6. The Morgan fingerprint density at radius 2 is 1.95 bits per heavy atom. The summed E-state index contributed by atoms with van der Waals surface area (Å²) in [6.07, 6.45) is -0.643. The Balaban J connectivity index is 1.66. The maximum absolute atomic E-state index is 13.5. The van der Waals surface area contributed by atoms with Crippen LogP contribution >= 0.6 is 11.8 Å². The summed E-state index contributed by atoms with van der Waals surface area (Å²) < 4.78 is 16.1. The Kier molecular flexibility index (Phi) is 4.74. The van der Waals surface area contributed by atoms with Gasteiger partial charge in [0.15, 0.2) is 5.72 Å². The first kappa shape index (κ1) is 24.3. The van der Waals surface area contributed by atoms with Crippen molar-refractivity contribution in [3.63, 3.8) is 0 Å². The maximum atomic E-state index is 13.5. The number of fused-ring (bicyclic) bond motifs is 13. The van der Waals surface area contributed by atoms with Crippen LogP contribution in [-0.2, 0) is 32.3 Å². The van der Waals surface area contributed by atoms with Crippen LogP contribution in [0.3, 0.4) is 0 Å². The summed E-state index contributed by atoms with van der Waals surface area (Å²) in [5, 5.41) is 19.1. The van der Waals surface area contributed by atoms with Gasteiger partial charge in [0.05, 0.1) is 34.7 Å². The Bertz CT molecular complexity index is 1990. The Morgan fingerprint density at radius 3 is 2.73 bits per heavy atom. The highest BCUT2D eigenvalue weighted by Crippen LogP contribution is 2.57. The topological polar surface area (TPSA) is 94.7 Å². The van der Waals surface area contributed by atoms with Crippen LogP contribution in [0.25, 0.3) is 43.6 Å². The normalized spacial score (nSPS) is 24.9. The van der Waals surface area contributed by atoms with Crippen LogP contribution in [0.15, 0.2) is 36.4 Å². The van der Waals surface area contributed by atoms with E-state index in [1.54, 1.807) is 6.92 Å². The molecular formula is C31H29N3O5S. The standard InChI is InChI=1S/C31H29N3O5S/c1-5-40-14-16-7-9-21-18(11-16)23-19-13-32-28(35)25(19)24-17-10-15(2)6-8-20(17)33-22-12-31(37,29(36)38-4)30(3,39-22)34(21)27(23)26(24)33/h6-11,22,37H,5,12-14H2,1-4H3,(H,32,35). The van der Waals surface area contributed by atoms with Crippen LogP contribution in [-0.4, -0.2) is 44.6 Å². The zero-order chi connectivity index (χ0) is 27.7. The van der Waals surface area contributed by atoms with Crippen LogP contribution in [0.1, 0.15) is 53.5 Å². The Labute approximate surface area is 234 Å². The molecule has 0 spiro atoms. The highest BCUT2D eigenvalue weighted by atomic mass is 32.2. The number of methoxy groups -OCH3 is 1. The SMILES string of the molecule is CCSCc1ccc2c(c1)c1c3c(c4c5cc(C)ccc5n5c4c1n2C1(C)OC5CC1(O)C(=O)OC)C(=O)NC3. The van der Waals surface area contributed by atoms with E-state index in [2.05, 4.69) is 41.1 Å². The van der Waals surface area contributed by atoms with Gasteiger partial charge in [0.25, 0.3) is 5.91 Å². The smallest absolute Gasteiger partial charge is 0.343 e. The number of hydrogen-bond acceptors (Lipinski definition) is 6. The van der Waals surface area contributed by atoms with Gasteiger partial charge in [-0.15, -0.1) is 0 Å². The predicted molar refractivity (Wildman–Crippen MR) is 156 cm³/mol. The summed E-state index contributed by atoms with van der Waals surface area (Å²) in [5.74, 6) is 1.06. The van der Waals surface area contributed by atoms with Gasteiger partial charge < -0.3 is 29.0 Å². The average Bonchev–Trinajstić information content (AvgIpc) is 3.63. The van der Waals surface area contributed by atoms with Gasteiger partial charge in [-0.1, -0.05) is 24.6 Å². The quantitative estimate of drug-likeness (QED) is 0.296. The molecule has 3 aromatic carbocycles. The molecule has 2 N–H and O–H groups in total. The molecule has 2 bridgehead atoms. The number of thioether (sulfide) groups is 1. The lowest BCUT2D eigenvalue weighted by Crippen LogP contribution is -2.56. The van der Waals surface area contributed by atoms with E-state index in [9.17, 15) is 14.7 Å². The first-order valence-corrected chi connectivity index (χ1v) is 14.8. The lowest BCUT2D eigenvalue weighted by Gasteiger charge is -2.37. The van der Waals surface area contributed by atoms with Crippen LogP contribution < -0.4 is 5.32 Å². The number of aliphatic hydroxyl groups is 1. The number of amides is 1. The minimum atomic E-state index is -1.94. The molecular weight excluding hydrogens is 526 g/mol. The average molecular weight is 556 g/mol. The van der Waals surface area contributed by atoms with Gasteiger partial charge in [-0.05, 0) is 55.0 Å². The molecule has 2 aromatic heterocycles. The van der Waals surface area contributed by atoms with E-state index in [4.69, 9.17) is 9.47 Å². The molecule has 204 valence electrons. The minimum Gasteiger partial charge on any atom is -0.467 e. The molecule has 3 unspecified atom stereocenters. The van der Waals surface area contributed by atoms with Crippen molar-refractivity contribution in [2.24, 2.45) is 0 Å². The van der Waals surface area contributed by atoms with Crippen LogP contribution in [0, 0.1) is 6.92 Å². The molecule has 3 aliphatic rings. The van der Waals surface area contributed by atoms with Crippen molar-refractivity contribution in [1.29, 1.82) is 0 Å². The van der Waals surface area contributed by atoms with E-state index in [0.29, 0.717) is 12.1 Å². The van der Waals surface area contributed by atoms with Crippen molar-refractivity contribution in [3.8, 4) is 0 Å². The number of rotatable bonds is 4. The van der Waals surface area contributed by atoms with E-state index < -0.39 is 23.5 Å². The van der Waals surface area contributed by atoms with Crippen LogP contribution in [0.2, 0.25) is 0 Å². The van der Waals surface area contributed by atoms with Crippen molar-refractivity contribution < 1.29 is 24.2 Å². The second kappa shape index (κ2) is 7.81. The molecule has 5 heterocycles. The zero-order valence-corrected chi connectivity index (χ0v) is 23.6. The molecule has 8 nitrogen and oxygen atoms in total. The molecule has 1 saturated heterocycles. The molecule has 5 aromatic rings. The number of hydrogen-bond donors (Lipinski definition) is 2. The van der Waals surface area contributed by atoms with Gasteiger partial charge in [0.1, 0.15) is 6.23 Å². The molecule has 0 aliphatic carbocycles. The number of esters is 1. The second-order valence-corrected chi connectivity index (χ2v) is 12.6.